The summed E-state index contributed by atoms with van der Waals surface area (Å²) in [5.74, 6) is 0. The average molecular weight is 717 g/mol. The lowest BCUT2D eigenvalue weighted by molar-refractivity contribution is -0.229. The molecule has 0 amide bonds. The van der Waals surface area contributed by atoms with Crippen LogP contribution in [0, 0.1) is 0 Å². The Kier molecular flexibility index (Phi) is 12.3. The number of benzene rings is 2. The van der Waals surface area contributed by atoms with Gasteiger partial charge in [-0.15, -0.1) is 0 Å². The van der Waals surface area contributed by atoms with Crippen molar-refractivity contribution in [2.24, 2.45) is 0 Å². The Bertz CT molecular complexity index is 1320. The minimum Gasteiger partial charge on any atom is -1.00 e. The largest absolute Gasteiger partial charge is 1.00 e. The van der Waals surface area contributed by atoms with E-state index in [0.717, 1.165) is 31.8 Å². The lowest BCUT2D eigenvalue weighted by atomic mass is 9.93. The van der Waals surface area contributed by atoms with E-state index in [4.69, 9.17) is 14.5 Å². The number of fused-ring (bicyclic) bond motifs is 2. The van der Waals surface area contributed by atoms with Gasteiger partial charge in [0, 0.05) is 50.7 Å². The van der Waals surface area contributed by atoms with Crippen LogP contribution in [0.2, 0.25) is 0 Å². The van der Waals surface area contributed by atoms with Gasteiger partial charge in [-0.05, 0) is 37.1 Å². The van der Waals surface area contributed by atoms with E-state index in [-0.39, 0.29) is 17.0 Å². The van der Waals surface area contributed by atoms with Crippen molar-refractivity contribution in [2.45, 2.75) is 73.9 Å². The molecule has 3 aromatic rings. The van der Waals surface area contributed by atoms with Crippen LogP contribution >= 0.6 is 11.3 Å². The van der Waals surface area contributed by atoms with Gasteiger partial charge in [0.05, 0.1) is 25.4 Å². The third-order valence-corrected chi connectivity index (χ3v) is 9.80. The minimum absolute atomic E-state index is 0. The van der Waals surface area contributed by atoms with E-state index in [2.05, 4.69) is 0 Å². The van der Waals surface area contributed by atoms with Gasteiger partial charge in [-0.3, -0.25) is 0 Å². The maximum atomic E-state index is 10.4. The van der Waals surface area contributed by atoms with Gasteiger partial charge >= 0.3 is 0 Å². The highest BCUT2D eigenvalue weighted by Crippen LogP contribution is 2.32. The first kappa shape index (κ1) is 36.0. The second kappa shape index (κ2) is 15.4. The summed E-state index contributed by atoms with van der Waals surface area (Å²) in [4.78, 5) is 8.82. The number of anilines is 2. The zero-order valence-corrected chi connectivity index (χ0v) is 27.4. The van der Waals surface area contributed by atoms with Gasteiger partial charge in [0.1, 0.15) is 59.9 Å². The molecule has 0 bridgehead atoms. The van der Waals surface area contributed by atoms with Gasteiger partial charge in [-0.2, -0.15) is 0 Å². The number of hydrogen-bond donors (Lipinski definition) is 8. The van der Waals surface area contributed by atoms with Crippen molar-refractivity contribution in [1.82, 2.24) is 4.98 Å². The third-order valence-electron chi connectivity index (χ3n) is 8.71. The van der Waals surface area contributed by atoms with Crippen LogP contribution in [0.25, 0.3) is 20.4 Å². The van der Waals surface area contributed by atoms with Crippen LogP contribution in [0.15, 0.2) is 36.4 Å². The number of aliphatic hydroxyl groups excluding tert-OH is 8. The van der Waals surface area contributed by atoms with Gasteiger partial charge in [0.2, 0.25) is 11.3 Å². The quantitative estimate of drug-likeness (QED) is 0.0749. The number of aliphatic hydroxyl groups is 8. The van der Waals surface area contributed by atoms with Crippen LogP contribution in [0.3, 0.4) is 0 Å². The Balaban J connectivity index is 0.00000461. The third kappa shape index (κ3) is 7.66. The van der Waals surface area contributed by atoms with Gasteiger partial charge in [0.15, 0.2) is 0 Å². The molecule has 8 N–H and O–H groups in total. The van der Waals surface area contributed by atoms with E-state index in [0.29, 0.717) is 25.9 Å². The lowest BCUT2D eigenvalue weighted by Gasteiger charge is -2.40. The normalized spacial score (nSPS) is 32.0. The topological polar surface area (TPSA) is 200 Å². The zero-order chi connectivity index (χ0) is 31.7. The number of hydrogen-bond acceptors (Lipinski definition) is 13. The molecule has 0 spiro atoms. The monoisotopic (exact) mass is 715 g/mol. The fourth-order valence-electron chi connectivity index (χ4n) is 5.81. The fraction of sp³-hybridized carbons (Fsp3) is 0.600. The molecule has 2 fully saturated rings. The van der Waals surface area contributed by atoms with E-state index in [9.17, 15) is 40.9 Å². The number of halogens is 1. The molecule has 3 heterocycles. The summed E-state index contributed by atoms with van der Waals surface area (Å²) in [7, 11) is 3.82. The first-order valence-corrected chi connectivity index (χ1v) is 15.5. The molecule has 45 heavy (non-hydrogen) atoms. The number of nitrogens with zero attached hydrogens (tertiary/aromatic N) is 3. The molecular weight excluding hydrogens is 674 g/mol. The Morgan fingerprint density at radius 3 is 1.38 bits per heavy atom. The fourth-order valence-corrected chi connectivity index (χ4v) is 6.84. The van der Waals surface area contributed by atoms with Gasteiger partial charge in [-0.25, -0.2) is 4.98 Å². The summed E-state index contributed by atoms with van der Waals surface area (Å²) < 4.78 is 13.2. The highest BCUT2D eigenvalue weighted by atomic mass is 79.9. The molecule has 0 aliphatic carbocycles. The van der Waals surface area contributed by atoms with Crippen molar-refractivity contribution in [2.75, 3.05) is 50.2 Å². The lowest BCUT2D eigenvalue weighted by Crippen LogP contribution is -3.00. The standard InChI is InChI=1S/C30H42N3O10S.BrH/c1-32(9-7-19-25(36)29(40)27(38)21(13-34)42-19)15-3-5-17-23(11-15)44-24-12-16(4-6-18(24)31-17)33(2)10-8-20-26(37)30(41)28(39)22(14-35)43-20;/h3-6,11-12,19-22,25-30,34-41H,7-10,13-14H2,1-2H3;1H/q+1;/p-1/t19-,20-,21+,22+,25-,26-,27-,28-,29+,30+;/m0./s1. The summed E-state index contributed by atoms with van der Waals surface area (Å²) >= 11 is 1.59. The Labute approximate surface area is 275 Å². The summed E-state index contributed by atoms with van der Waals surface area (Å²) in [6, 6.07) is 11.9. The molecule has 0 unspecified atom stereocenters. The molecule has 15 heteroatoms. The highest BCUT2D eigenvalue weighted by Gasteiger charge is 2.44. The van der Waals surface area contributed by atoms with Gasteiger partial charge in [0.25, 0.3) is 9.40 Å². The van der Waals surface area contributed by atoms with Gasteiger partial charge in [-0.1, -0.05) is 0 Å². The first-order chi connectivity index (χ1) is 21.0. The Morgan fingerprint density at radius 2 is 1.00 bits per heavy atom. The van der Waals surface area contributed by atoms with Gasteiger partial charge < -0.3 is 77.1 Å². The summed E-state index contributed by atoms with van der Waals surface area (Å²) in [5.41, 5.74) is 3.54. The number of rotatable bonds is 10. The van der Waals surface area contributed by atoms with Crippen LogP contribution in [-0.2, 0) is 9.47 Å². The van der Waals surface area contributed by atoms with Crippen LogP contribution in [-0.4, -0.2) is 147 Å². The number of ether oxygens (including phenoxy) is 2. The predicted octanol–water partition coefficient (Wildman–Crippen LogP) is -3.93. The molecular formula is C30H42BrN3O10S. The van der Waals surface area contributed by atoms with Crippen molar-refractivity contribution in [3.8, 4) is 0 Å². The Morgan fingerprint density at radius 1 is 0.622 bits per heavy atom. The van der Waals surface area contributed by atoms with E-state index in [1.165, 1.54) is 0 Å². The average Bonchev–Trinajstić information content (AvgIpc) is 3.03. The van der Waals surface area contributed by atoms with E-state index in [1.807, 2.05) is 60.3 Å². The molecule has 0 saturated carbocycles. The highest BCUT2D eigenvalue weighted by molar-refractivity contribution is 7.24. The molecule has 2 saturated heterocycles. The molecule has 250 valence electrons. The minimum atomic E-state index is -1.39. The SMILES string of the molecule is CN(CC[C@@H]1O[C@H](CO)[C@H](O)[C@H](O)[C@H]1O)c1ccc2nc3ccc(N(C)CC[C@@H]4O[C@H](CO)[C@H](O)[C@H](O)[C@H]4O)cc3[s+]c2c1.[Br-]. The molecule has 5 rings (SSSR count). The van der Waals surface area contributed by atoms with Crippen molar-refractivity contribution in [1.29, 1.82) is 0 Å². The number of aromatic nitrogens is 1. The van der Waals surface area contributed by atoms with E-state index >= 15 is 0 Å². The summed E-state index contributed by atoms with van der Waals surface area (Å²) in [5, 5.41) is 79.9. The summed E-state index contributed by atoms with van der Waals surface area (Å²) in [6.45, 7) is 0.0621. The summed E-state index contributed by atoms with van der Waals surface area (Å²) in [6.07, 6.45) is -10.7. The maximum absolute atomic E-state index is 10.4. The Hall–Kier alpha value is -1.86. The molecule has 0 radical (unpaired) electrons. The molecule has 2 aliphatic heterocycles. The predicted molar refractivity (Wildman–Crippen MR) is 165 cm³/mol. The molecule has 10 atom stereocenters. The van der Waals surface area contributed by atoms with E-state index < -0.39 is 74.3 Å². The van der Waals surface area contributed by atoms with Crippen molar-refractivity contribution < 1.29 is 67.3 Å². The molecule has 2 aliphatic rings. The van der Waals surface area contributed by atoms with E-state index in [1.54, 1.807) is 11.3 Å². The van der Waals surface area contributed by atoms with Crippen LogP contribution in [0.1, 0.15) is 12.8 Å². The first-order valence-electron chi connectivity index (χ1n) is 14.7. The molecule has 13 nitrogen and oxygen atoms in total. The maximum Gasteiger partial charge on any atom is 0.259 e. The van der Waals surface area contributed by atoms with Crippen LogP contribution < -0.4 is 26.8 Å². The van der Waals surface area contributed by atoms with Crippen molar-refractivity contribution in [3.05, 3.63) is 36.4 Å². The van der Waals surface area contributed by atoms with Crippen LogP contribution in [0.5, 0.6) is 0 Å². The second-order valence-corrected chi connectivity index (χ2v) is 12.8. The van der Waals surface area contributed by atoms with Crippen molar-refractivity contribution >= 4 is 43.1 Å². The molecule has 2 aromatic carbocycles. The smallest absolute Gasteiger partial charge is 0.259 e. The second-order valence-electron chi connectivity index (χ2n) is 11.7. The molecule has 1 aromatic heterocycles. The zero-order valence-electron chi connectivity index (χ0n) is 25.0. The van der Waals surface area contributed by atoms with Crippen LogP contribution in [0.4, 0.5) is 11.4 Å². The van der Waals surface area contributed by atoms with Crippen molar-refractivity contribution in [3.63, 3.8) is 0 Å².